The van der Waals surface area contributed by atoms with Crippen LogP contribution in [-0.2, 0) is 9.53 Å². The standard InChI is InChI=1S/C26H31FN6O3S/c1-28-25(34)15-2-4-16(5-3-15)32-26(35)18-12-29-24(11-22(18)33-20-8-9-36-13-19(20)27)31-17-6-7-21-23(10-17)37-14-30-21/h6-7,10-12,14-16,19-20H,2-5,8-9,13H2,1H3,(H,28,34)(H,32,35)(H2,29,31,33)/t15?,16?,19-,20-/m0/s1. The molecule has 3 aromatic rings. The molecule has 11 heteroatoms. The molecule has 9 nitrogen and oxygen atoms in total. The predicted octanol–water partition coefficient (Wildman–Crippen LogP) is 4.01. The highest BCUT2D eigenvalue weighted by molar-refractivity contribution is 7.16. The van der Waals surface area contributed by atoms with Gasteiger partial charge in [-0.15, -0.1) is 11.3 Å². The molecule has 1 aliphatic carbocycles. The van der Waals surface area contributed by atoms with Crippen molar-refractivity contribution >= 4 is 50.6 Å². The van der Waals surface area contributed by atoms with Crippen molar-refractivity contribution in [3.05, 3.63) is 41.5 Å². The third kappa shape index (κ3) is 5.99. The van der Waals surface area contributed by atoms with E-state index in [-0.39, 0.29) is 30.4 Å². The molecule has 0 bridgehead atoms. The minimum atomic E-state index is -1.18. The number of rotatable bonds is 7. The molecule has 0 radical (unpaired) electrons. The third-order valence-corrected chi connectivity index (χ3v) is 7.85. The quantitative estimate of drug-likeness (QED) is 0.368. The van der Waals surface area contributed by atoms with E-state index < -0.39 is 12.2 Å². The number of hydrogen-bond donors (Lipinski definition) is 4. The molecule has 4 N–H and O–H groups in total. The number of fused-ring (bicyclic) bond motifs is 1. The fraction of sp³-hybridized carbons (Fsp3) is 0.462. The minimum absolute atomic E-state index is 0.0124. The molecule has 0 spiro atoms. The van der Waals surface area contributed by atoms with E-state index in [2.05, 4.69) is 31.2 Å². The number of carbonyl (C=O) groups excluding carboxylic acids is 2. The van der Waals surface area contributed by atoms with Crippen molar-refractivity contribution in [1.29, 1.82) is 0 Å². The van der Waals surface area contributed by atoms with E-state index in [1.165, 1.54) is 6.20 Å². The summed E-state index contributed by atoms with van der Waals surface area (Å²) in [5.41, 5.74) is 4.44. The Hall–Kier alpha value is -3.31. The van der Waals surface area contributed by atoms with Crippen molar-refractivity contribution in [2.75, 3.05) is 30.9 Å². The second kappa shape index (κ2) is 11.4. The lowest BCUT2D eigenvalue weighted by Gasteiger charge is -2.30. The Balaban J connectivity index is 1.33. The summed E-state index contributed by atoms with van der Waals surface area (Å²) in [5.74, 6) is 0.312. The van der Waals surface area contributed by atoms with Gasteiger partial charge in [-0.3, -0.25) is 9.59 Å². The van der Waals surface area contributed by atoms with Gasteiger partial charge in [0.15, 0.2) is 0 Å². The molecular weight excluding hydrogens is 495 g/mol. The number of anilines is 3. The smallest absolute Gasteiger partial charge is 0.255 e. The maximum atomic E-state index is 14.6. The molecular formula is C26H31FN6O3S. The molecule has 3 heterocycles. The average molecular weight is 527 g/mol. The summed E-state index contributed by atoms with van der Waals surface area (Å²) in [6.07, 6.45) is 3.76. The SMILES string of the molecule is CNC(=O)C1CCC(NC(=O)c2cnc(Nc3ccc4ncsc4c3)cc2N[C@H]2CCOC[C@@H]2F)CC1. The van der Waals surface area contributed by atoms with Crippen LogP contribution in [0.4, 0.5) is 21.6 Å². The van der Waals surface area contributed by atoms with E-state index in [0.29, 0.717) is 30.1 Å². The second-order valence-corrected chi connectivity index (χ2v) is 10.4. The first kappa shape index (κ1) is 25.3. The summed E-state index contributed by atoms with van der Waals surface area (Å²) in [4.78, 5) is 34.0. The van der Waals surface area contributed by atoms with Gasteiger partial charge in [-0.25, -0.2) is 14.4 Å². The Bertz CT molecular complexity index is 1260. The molecule has 1 saturated heterocycles. The van der Waals surface area contributed by atoms with Crippen LogP contribution in [0.1, 0.15) is 42.5 Å². The van der Waals surface area contributed by atoms with Crippen LogP contribution in [0.2, 0.25) is 0 Å². The number of thiazole rings is 1. The van der Waals surface area contributed by atoms with Crippen molar-refractivity contribution in [1.82, 2.24) is 20.6 Å². The van der Waals surface area contributed by atoms with Gasteiger partial charge in [-0.2, -0.15) is 0 Å². The summed E-state index contributed by atoms with van der Waals surface area (Å²) in [6.45, 7) is 0.484. The van der Waals surface area contributed by atoms with Crippen molar-refractivity contribution in [3.8, 4) is 0 Å². The molecule has 1 aliphatic heterocycles. The molecule has 2 aliphatic rings. The van der Waals surface area contributed by atoms with Crippen LogP contribution in [-0.4, -0.2) is 60.3 Å². The van der Waals surface area contributed by atoms with Crippen molar-refractivity contribution in [2.24, 2.45) is 5.92 Å². The van der Waals surface area contributed by atoms with Gasteiger partial charge in [-0.1, -0.05) is 0 Å². The normalized spacial score (nSPS) is 23.8. The summed E-state index contributed by atoms with van der Waals surface area (Å²) in [7, 11) is 1.65. The molecule has 2 amide bonds. The number of amides is 2. The first-order valence-electron chi connectivity index (χ1n) is 12.6. The van der Waals surface area contributed by atoms with E-state index in [1.54, 1.807) is 30.0 Å². The van der Waals surface area contributed by atoms with Gasteiger partial charge in [0, 0.05) is 43.6 Å². The predicted molar refractivity (Wildman–Crippen MR) is 142 cm³/mol. The fourth-order valence-electron chi connectivity index (χ4n) is 4.94. The van der Waals surface area contributed by atoms with E-state index in [1.807, 2.05) is 18.2 Å². The number of alkyl halides is 1. The number of carbonyl (C=O) groups is 2. The Morgan fingerprint density at radius 1 is 1.11 bits per heavy atom. The minimum Gasteiger partial charge on any atom is -0.378 e. The molecule has 1 saturated carbocycles. The fourth-order valence-corrected chi connectivity index (χ4v) is 5.65. The van der Waals surface area contributed by atoms with E-state index in [4.69, 9.17) is 4.74 Å². The molecule has 2 aromatic heterocycles. The van der Waals surface area contributed by atoms with Crippen LogP contribution in [0.25, 0.3) is 10.2 Å². The van der Waals surface area contributed by atoms with Gasteiger partial charge in [0.05, 0.1) is 39.6 Å². The lowest BCUT2D eigenvalue weighted by atomic mass is 9.85. The number of ether oxygens (including phenoxy) is 1. The molecule has 1 aromatic carbocycles. The molecule has 196 valence electrons. The zero-order valence-corrected chi connectivity index (χ0v) is 21.4. The molecule has 0 unspecified atom stereocenters. The van der Waals surface area contributed by atoms with Gasteiger partial charge in [0.2, 0.25) is 5.91 Å². The highest BCUT2D eigenvalue weighted by atomic mass is 32.1. The number of nitrogens with one attached hydrogen (secondary N) is 4. The topological polar surface area (TPSA) is 117 Å². The molecule has 37 heavy (non-hydrogen) atoms. The van der Waals surface area contributed by atoms with Gasteiger partial charge >= 0.3 is 0 Å². The first-order chi connectivity index (χ1) is 18.0. The highest BCUT2D eigenvalue weighted by Crippen LogP contribution is 2.29. The number of halogens is 1. The zero-order chi connectivity index (χ0) is 25.8. The average Bonchev–Trinajstić information content (AvgIpc) is 3.38. The van der Waals surface area contributed by atoms with Gasteiger partial charge in [0.1, 0.15) is 12.0 Å². The van der Waals surface area contributed by atoms with Crippen LogP contribution >= 0.6 is 11.3 Å². The third-order valence-electron chi connectivity index (χ3n) is 7.06. The second-order valence-electron chi connectivity index (χ2n) is 9.54. The number of pyridine rings is 1. The summed E-state index contributed by atoms with van der Waals surface area (Å²) >= 11 is 1.55. The highest BCUT2D eigenvalue weighted by Gasteiger charge is 2.29. The summed E-state index contributed by atoms with van der Waals surface area (Å²) in [5, 5.41) is 12.3. The van der Waals surface area contributed by atoms with Crippen molar-refractivity contribution in [3.63, 3.8) is 0 Å². The van der Waals surface area contributed by atoms with Gasteiger partial charge in [-0.05, 0) is 50.3 Å². The molecule has 2 fully saturated rings. The molecule has 5 rings (SSSR count). The van der Waals surface area contributed by atoms with Crippen LogP contribution in [0.15, 0.2) is 36.0 Å². The van der Waals surface area contributed by atoms with Gasteiger partial charge < -0.3 is 26.0 Å². The Kier molecular flexibility index (Phi) is 7.80. The van der Waals surface area contributed by atoms with E-state index in [0.717, 1.165) is 41.6 Å². The zero-order valence-electron chi connectivity index (χ0n) is 20.6. The summed E-state index contributed by atoms with van der Waals surface area (Å²) < 4.78 is 20.9. The first-order valence-corrected chi connectivity index (χ1v) is 13.5. The van der Waals surface area contributed by atoms with Crippen LogP contribution in [0.3, 0.4) is 0 Å². The Morgan fingerprint density at radius 2 is 1.95 bits per heavy atom. The monoisotopic (exact) mass is 526 g/mol. The van der Waals surface area contributed by atoms with Crippen molar-refractivity contribution < 1.29 is 18.7 Å². The number of hydrogen-bond acceptors (Lipinski definition) is 8. The number of nitrogens with zero attached hydrogens (tertiary/aromatic N) is 2. The maximum absolute atomic E-state index is 14.6. The Morgan fingerprint density at radius 3 is 2.73 bits per heavy atom. The van der Waals surface area contributed by atoms with E-state index in [9.17, 15) is 14.0 Å². The Labute approximate surface area is 218 Å². The largest absolute Gasteiger partial charge is 0.378 e. The van der Waals surface area contributed by atoms with Crippen LogP contribution < -0.4 is 21.3 Å². The summed E-state index contributed by atoms with van der Waals surface area (Å²) in [6, 6.07) is 7.10. The number of benzene rings is 1. The lowest BCUT2D eigenvalue weighted by molar-refractivity contribution is -0.125. The number of aromatic nitrogens is 2. The van der Waals surface area contributed by atoms with Crippen LogP contribution in [0, 0.1) is 5.92 Å². The lowest BCUT2D eigenvalue weighted by Crippen LogP contribution is -2.41. The van der Waals surface area contributed by atoms with Crippen molar-refractivity contribution in [2.45, 2.75) is 50.4 Å². The molecule has 2 atom stereocenters. The van der Waals surface area contributed by atoms with Gasteiger partial charge in [0.25, 0.3) is 5.91 Å². The van der Waals surface area contributed by atoms with E-state index >= 15 is 0 Å². The van der Waals surface area contributed by atoms with Crippen LogP contribution in [0.5, 0.6) is 0 Å². The maximum Gasteiger partial charge on any atom is 0.255 e.